The molecule has 3 aromatic rings. The maximum atomic E-state index is 12.4. The summed E-state index contributed by atoms with van der Waals surface area (Å²) in [6.07, 6.45) is 0.0723. The molecule has 0 aliphatic rings. The minimum absolute atomic E-state index is 0.0723. The Morgan fingerprint density at radius 1 is 1.03 bits per heavy atom. The average molecular weight is 411 g/mol. The van der Waals surface area contributed by atoms with Gasteiger partial charge in [0.2, 0.25) is 5.91 Å². The Bertz CT molecular complexity index is 958. The molecule has 3 amide bonds. The zero-order chi connectivity index (χ0) is 20.6. The molecule has 8 heteroatoms. The second-order valence-corrected chi connectivity index (χ2v) is 7.09. The van der Waals surface area contributed by atoms with Crippen molar-refractivity contribution in [1.82, 2.24) is 5.32 Å². The zero-order valence-electron chi connectivity index (χ0n) is 15.8. The summed E-state index contributed by atoms with van der Waals surface area (Å²) in [6, 6.07) is 16.9. The van der Waals surface area contributed by atoms with Crippen LogP contribution in [0, 0.1) is 0 Å². The van der Waals surface area contributed by atoms with Gasteiger partial charge in [-0.15, -0.1) is 11.3 Å². The first kappa shape index (κ1) is 20.2. The second-order valence-electron chi connectivity index (χ2n) is 6.11. The molecule has 0 aliphatic carbocycles. The highest BCUT2D eigenvalue weighted by molar-refractivity contribution is 7.10. The molecule has 1 atom stereocenters. The Morgan fingerprint density at radius 2 is 1.76 bits per heavy atom. The summed E-state index contributed by atoms with van der Waals surface area (Å²) in [5, 5.41) is 7.30. The number of primary amides is 1. The van der Waals surface area contributed by atoms with Crippen LogP contribution in [0.25, 0.3) is 0 Å². The molecule has 1 aromatic heterocycles. The second kappa shape index (κ2) is 9.61. The number of carbonyl (C=O) groups is 2. The van der Waals surface area contributed by atoms with E-state index in [2.05, 4.69) is 10.6 Å². The van der Waals surface area contributed by atoms with E-state index in [1.165, 1.54) is 11.3 Å². The minimum atomic E-state index is -0.672. The van der Waals surface area contributed by atoms with Crippen LogP contribution >= 0.6 is 11.3 Å². The number of rotatable bonds is 8. The molecule has 3 rings (SSSR count). The number of methoxy groups -OCH3 is 1. The van der Waals surface area contributed by atoms with Gasteiger partial charge in [-0.2, -0.15) is 0 Å². The lowest BCUT2D eigenvalue weighted by Crippen LogP contribution is -2.34. The number of hydrogen-bond acceptors (Lipinski definition) is 5. The lowest BCUT2D eigenvalue weighted by molar-refractivity contribution is -0.116. The molecule has 0 aliphatic heterocycles. The fraction of sp³-hybridized carbons (Fsp3) is 0.143. The zero-order valence-corrected chi connectivity index (χ0v) is 16.6. The monoisotopic (exact) mass is 411 g/mol. The molecular formula is C21H21N3O4S. The summed E-state index contributed by atoms with van der Waals surface area (Å²) < 4.78 is 11.1. The summed E-state index contributed by atoms with van der Waals surface area (Å²) >= 11 is 1.45. The largest absolute Gasteiger partial charge is 0.493 e. The minimum Gasteiger partial charge on any atom is -0.493 e. The summed E-state index contributed by atoms with van der Waals surface area (Å²) in [4.78, 5) is 24.5. The Hall–Kier alpha value is -3.52. The van der Waals surface area contributed by atoms with Crippen molar-refractivity contribution in [2.24, 2.45) is 5.73 Å². The number of urea groups is 1. The molecule has 4 N–H and O–H groups in total. The van der Waals surface area contributed by atoms with E-state index in [1.807, 2.05) is 41.8 Å². The maximum absolute atomic E-state index is 12.4. The number of nitrogens with one attached hydrogen (secondary N) is 2. The van der Waals surface area contributed by atoms with Gasteiger partial charge in [-0.1, -0.05) is 18.2 Å². The predicted molar refractivity (Wildman–Crippen MR) is 113 cm³/mol. The van der Waals surface area contributed by atoms with Gasteiger partial charge in [-0.3, -0.25) is 4.79 Å². The van der Waals surface area contributed by atoms with Crippen LogP contribution in [-0.4, -0.2) is 19.0 Å². The molecule has 0 bridgehead atoms. The molecule has 7 nitrogen and oxygen atoms in total. The molecule has 1 unspecified atom stereocenters. The van der Waals surface area contributed by atoms with Crippen LogP contribution in [-0.2, 0) is 4.79 Å². The van der Waals surface area contributed by atoms with Crippen LogP contribution in [0.15, 0.2) is 66.0 Å². The highest BCUT2D eigenvalue weighted by Gasteiger charge is 2.18. The van der Waals surface area contributed by atoms with Crippen molar-refractivity contribution >= 4 is 29.0 Å². The molecule has 29 heavy (non-hydrogen) atoms. The van der Waals surface area contributed by atoms with E-state index in [0.717, 1.165) is 4.88 Å². The maximum Gasteiger partial charge on any atom is 0.312 e. The van der Waals surface area contributed by atoms with Crippen LogP contribution in [0.3, 0.4) is 0 Å². The summed E-state index contributed by atoms with van der Waals surface area (Å²) in [6.45, 7) is 0. The van der Waals surface area contributed by atoms with E-state index >= 15 is 0 Å². The average Bonchev–Trinajstić information content (AvgIpc) is 3.24. The van der Waals surface area contributed by atoms with Crippen molar-refractivity contribution in [3.05, 3.63) is 70.9 Å². The van der Waals surface area contributed by atoms with Crippen molar-refractivity contribution < 1.29 is 19.1 Å². The van der Waals surface area contributed by atoms with Crippen LogP contribution < -0.4 is 25.8 Å². The van der Waals surface area contributed by atoms with E-state index in [1.54, 1.807) is 31.4 Å². The summed E-state index contributed by atoms with van der Waals surface area (Å²) in [7, 11) is 1.58. The van der Waals surface area contributed by atoms with Crippen LogP contribution in [0.5, 0.6) is 17.2 Å². The number of amides is 3. The predicted octanol–water partition coefficient (Wildman–Crippen LogP) is 4.29. The van der Waals surface area contributed by atoms with Gasteiger partial charge < -0.3 is 25.8 Å². The van der Waals surface area contributed by atoms with Gasteiger partial charge in [0.15, 0.2) is 11.5 Å². The Kier molecular flexibility index (Phi) is 6.70. The number of nitrogens with two attached hydrogens (primary N) is 1. The summed E-state index contributed by atoms with van der Waals surface area (Å²) in [5.41, 5.74) is 5.85. The molecule has 150 valence electrons. The van der Waals surface area contributed by atoms with Gasteiger partial charge in [0, 0.05) is 10.6 Å². The quantitative estimate of drug-likeness (QED) is 0.514. The molecule has 0 saturated carbocycles. The van der Waals surface area contributed by atoms with Gasteiger partial charge in [0.25, 0.3) is 0 Å². The molecular weight excluding hydrogens is 390 g/mol. The molecule has 0 radical (unpaired) electrons. The number of ether oxygens (including phenoxy) is 2. The van der Waals surface area contributed by atoms with Gasteiger partial charge in [0.1, 0.15) is 5.75 Å². The highest BCUT2D eigenvalue weighted by atomic mass is 32.1. The topological polar surface area (TPSA) is 103 Å². The first-order valence-corrected chi connectivity index (χ1v) is 9.73. The lowest BCUT2D eigenvalue weighted by Gasteiger charge is -2.16. The molecule has 0 fully saturated rings. The van der Waals surface area contributed by atoms with E-state index in [9.17, 15) is 9.59 Å². The van der Waals surface area contributed by atoms with Crippen molar-refractivity contribution in [1.29, 1.82) is 0 Å². The molecule has 2 aromatic carbocycles. The Labute approximate surface area is 172 Å². The lowest BCUT2D eigenvalue weighted by atomic mass is 10.1. The number of para-hydroxylation sites is 2. The van der Waals surface area contributed by atoms with Crippen LogP contribution in [0.2, 0.25) is 0 Å². The molecule has 1 heterocycles. The highest BCUT2D eigenvalue weighted by Crippen LogP contribution is 2.31. The third kappa shape index (κ3) is 5.73. The van der Waals surface area contributed by atoms with E-state index in [-0.39, 0.29) is 12.3 Å². The number of carbonyl (C=O) groups excluding carboxylic acids is 2. The first-order chi connectivity index (χ1) is 14.0. The number of hydrogen-bond donors (Lipinski definition) is 3. The Balaban J connectivity index is 1.61. The first-order valence-electron chi connectivity index (χ1n) is 8.85. The fourth-order valence-corrected chi connectivity index (χ4v) is 3.50. The van der Waals surface area contributed by atoms with Gasteiger partial charge in [-0.05, 0) is 47.8 Å². The number of thiophene rings is 1. The third-order valence-electron chi connectivity index (χ3n) is 4.03. The van der Waals surface area contributed by atoms with Gasteiger partial charge in [-0.25, -0.2) is 4.79 Å². The van der Waals surface area contributed by atoms with E-state index in [0.29, 0.717) is 22.9 Å². The van der Waals surface area contributed by atoms with Crippen molar-refractivity contribution in [3.63, 3.8) is 0 Å². The standard InChI is InChI=1S/C21H21N3O4S/c1-27-17-5-2-3-6-18(17)28-15-10-8-14(9-11-15)23-20(25)13-16(24-21(22)26)19-7-4-12-29-19/h2-12,16H,13H2,1H3,(H,23,25)(H3,22,24,26). The fourth-order valence-electron chi connectivity index (χ4n) is 2.72. The molecule has 0 saturated heterocycles. The van der Waals surface area contributed by atoms with E-state index < -0.39 is 12.1 Å². The summed E-state index contributed by atoms with van der Waals surface area (Å²) in [5.74, 6) is 1.60. The van der Waals surface area contributed by atoms with E-state index in [4.69, 9.17) is 15.2 Å². The molecule has 0 spiro atoms. The van der Waals surface area contributed by atoms with Crippen LogP contribution in [0.4, 0.5) is 10.5 Å². The smallest absolute Gasteiger partial charge is 0.312 e. The number of anilines is 1. The van der Waals surface area contributed by atoms with Crippen LogP contribution in [0.1, 0.15) is 17.3 Å². The normalized spacial score (nSPS) is 11.3. The Morgan fingerprint density at radius 3 is 2.38 bits per heavy atom. The van der Waals surface area contributed by atoms with Crippen molar-refractivity contribution in [2.45, 2.75) is 12.5 Å². The van der Waals surface area contributed by atoms with Crippen molar-refractivity contribution in [3.8, 4) is 17.2 Å². The SMILES string of the molecule is COc1ccccc1Oc1ccc(NC(=O)CC(NC(N)=O)c2cccs2)cc1. The number of benzene rings is 2. The third-order valence-corrected chi connectivity index (χ3v) is 5.01. The van der Waals surface area contributed by atoms with Gasteiger partial charge in [0.05, 0.1) is 19.6 Å². The van der Waals surface area contributed by atoms with Crippen molar-refractivity contribution in [2.75, 3.05) is 12.4 Å². The van der Waals surface area contributed by atoms with Gasteiger partial charge >= 0.3 is 6.03 Å².